The summed E-state index contributed by atoms with van der Waals surface area (Å²) in [5.41, 5.74) is 0.663. The van der Waals surface area contributed by atoms with E-state index in [9.17, 15) is 14.4 Å². The predicted octanol–water partition coefficient (Wildman–Crippen LogP) is 2.78. The molecule has 0 aliphatic carbocycles. The second kappa shape index (κ2) is 6.60. The number of rotatable bonds is 4. The van der Waals surface area contributed by atoms with E-state index in [1.54, 1.807) is 36.4 Å². The highest BCUT2D eigenvalue weighted by atomic mass is 32.2. The Morgan fingerprint density at radius 1 is 1.08 bits per heavy atom. The Labute approximate surface area is 142 Å². The van der Waals surface area contributed by atoms with Gasteiger partial charge in [-0.1, -0.05) is 29.2 Å². The standard InChI is InChI=1S/C18H11NO4S/c1-2-10-24-13-7-5-6-12(11-13)18(22)23-19-16(20)14-8-3-4-9-15(14)17(19)21/h1,3-9,11H,10H2. The maximum atomic E-state index is 12.3. The van der Waals surface area contributed by atoms with Crippen LogP contribution in [0.15, 0.2) is 53.4 Å². The fourth-order valence-corrected chi connectivity index (χ4v) is 2.86. The van der Waals surface area contributed by atoms with Crippen LogP contribution in [0.1, 0.15) is 31.1 Å². The van der Waals surface area contributed by atoms with Crippen LogP contribution in [0, 0.1) is 12.3 Å². The number of carbonyl (C=O) groups is 3. The first kappa shape index (κ1) is 15.8. The molecule has 3 rings (SSSR count). The zero-order chi connectivity index (χ0) is 17.1. The van der Waals surface area contributed by atoms with Crippen LogP contribution in [0.3, 0.4) is 0 Å². The van der Waals surface area contributed by atoms with Gasteiger partial charge in [-0.25, -0.2) is 4.79 Å². The lowest BCUT2D eigenvalue weighted by Crippen LogP contribution is -2.32. The molecule has 0 fully saturated rings. The SMILES string of the molecule is C#CCSc1cccc(C(=O)ON2C(=O)c3ccccc3C2=O)c1. The normalized spacial score (nSPS) is 12.7. The molecule has 5 nitrogen and oxygen atoms in total. The van der Waals surface area contributed by atoms with Crippen LogP contribution in [0.5, 0.6) is 0 Å². The molecule has 0 atom stereocenters. The van der Waals surface area contributed by atoms with Gasteiger partial charge in [0.25, 0.3) is 11.8 Å². The molecule has 0 spiro atoms. The molecule has 24 heavy (non-hydrogen) atoms. The molecule has 1 aliphatic heterocycles. The molecule has 0 radical (unpaired) electrons. The van der Waals surface area contributed by atoms with E-state index >= 15 is 0 Å². The minimum Gasteiger partial charge on any atom is -0.324 e. The quantitative estimate of drug-likeness (QED) is 0.488. The Kier molecular flexibility index (Phi) is 4.36. The van der Waals surface area contributed by atoms with Gasteiger partial charge < -0.3 is 4.84 Å². The first-order valence-corrected chi connectivity index (χ1v) is 7.97. The monoisotopic (exact) mass is 337 g/mol. The molecule has 2 amide bonds. The number of amides is 2. The fraction of sp³-hybridized carbons (Fsp3) is 0.0556. The van der Waals surface area contributed by atoms with E-state index in [2.05, 4.69) is 5.92 Å². The second-order valence-electron chi connectivity index (χ2n) is 4.85. The number of terminal acetylenes is 1. The van der Waals surface area contributed by atoms with Crippen molar-refractivity contribution in [3.05, 3.63) is 65.2 Å². The van der Waals surface area contributed by atoms with Gasteiger partial charge in [0.1, 0.15) is 0 Å². The number of hydrogen-bond donors (Lipinski definition) is 0. The number of hydroxylamine groups is 2. The molecule has 0 saturated heterocycles. The highest BCUT2D eigenvalue weighted by Crippen LogP contribution is 2.24. The molecular formula is C18H11NO4S. The molecule has 0 unspecified atom stereocenters. The van der Waals surface area contributed by atoms with Crippen molar-refractivity contribution in [3.8, 4) is 12.3 Å². The van der Waals surface area contributed by atoms with Crippen LogP contribution in [-0.2, 0) is 4.84 Å². The summed E-state index contributed by atoms with van der Waals surface area (Å²) in [5, 5.41) is 0.494. The molecule has 2 aromatic carbocycles. The van der Waals surface area contributed by atoms with Crippen LogP contribution in [0.4, 0.5) is 0 Å². The lowest BCUT2D eigenvalue weighted by Gasteiger charge is -2.13. The summed E-state index contributed by atoms with van der Waals surface area (Å²) in [6.45, 7) is 0. The third-order valence-corrected chi connectivity index (χ3v) is 4.22. The van der Waals surface area contributed by atoms with Crippen molar-refractivity contribution < 1.29 is 19.2 Å². The number of hydrogen-bond acceptors (Lipinski definition) is 5. The summed E-state index contributed by atoms with van der Waals surface area (Å²) >= 11 is 1.39. The Morgan fingerprint density at radius 3 is 2.38 bits per heavy atom. The summed E-state index contributed by atoms with van der Waals surface area (Å²) in [7, 11) is 0. The lowest BCUT2D eigenvalue weighted by atomic mass is 10.1. The Morgan fingerprint density at radius 2 is 1.75 bits per heavy atom. The molecule has 1 aliphatic rings. The predicted molar refractivity (Wildman–Crippen MR) is 88.4 cm³/mol. The van der Waals surface area contributed by atoms with Crippen molar-refractivity contribution in [2.75, 3.05) is 5.75 Å². The highest BCUT2D eigenvalue weighted by molar-refractivity contribution is 7.99. The van der Waals surface area contributed by atoms with Crippen LogP contribution >= 0.6 is 11.8 Å². The number of fused-ring (bicyclic) bond motifs is 1. The minimum absolute atomic E-state index is 0.216. The van der Waals surface area contributed by atoms with Gasteiger partial charge in [-0.05, 0) is 30.3 Å². The molecule has 2 aromatic rings. The molecule has 0 aromatic heterocycles. The van der Waals surface area contributed by atoms with Crippen molar-refractivity contribution in [1.29, 1.82) is 0 Å². The summed E-state index contributed by atoms with van der Waals surface area (Å²) in [6.07, 6.45) is 5.21. The van der Waals surface area contributed by atoms with Crippen molar-refractivity contribution in [2.24, 2.45) is 0 Å². The zero-order valence-electron chi connectivity index (χ0n) is 12.4. The molecule has 0 bridgehead atoms. The summed E-state index contributed by atoms with van der Waals surface area (Å²) in [4.78, 5) is 42.4. The molecule has 118 valence electrons. The molecule has 0 N–H and O–H groups in total. The molecule has 0 saturated carbocycles. The van der Waals surface area contributed by atoms with Gasteiger partial charge in [0.05, 0.1) is 22.4 Å². The Balaban J connectivity index is 1.78. The largest absolute Gasteiger partial charge is 0.363 e. The van der Waals surface area contributed by atoms with Gasteiger partial charge in [0.15, 0.2) is 0 Å². The number of carbonyl (C=O) groups excluding carboxylic acids is 3. The molecular weight excluding hydrogens is 326 g/mol. The first-order chi connectivity index (χ1) is 11.6. The van der Waals surface area contributed by atoms with E-state index < -0.39 is 17.8 Å². The number of imide groups is 1. The topological polar surface area (TPSA) is 63.7 Å². The maximum absolute atomic E-state index is 12.3. The summed E-state index contributed by atoms with van der Waals surface area (Å²) in [6, 6.07) is 12.9. The number of benzene rings is 2. The average Bonchev–Trinajstić information content (AvgIpc) is 2.85. The maximum Gasteiger partial charge on any atom is 0.363 e. The van der Waals surface area contributed by atoms with E-state index in [4.69, 9.17) is 11.3 Å². The van der Waals surface area contributed by atoms with Crippen LogP contribution in [-0.4, -0.2) is 28.6 Å². The van der Waals surface area contributed by atoms with Crippen molar-refractivity contribution in [1.82, 2.24) is 5.06 Å². The molecule has 6 heteroatoms. The van der Waals surface area contributed by atoms with Gasteiger partial charge in [-0.3, -0.25) is 9.59 Å². The van der Waals surface area contributed by atoms with E-state index in [1.807, 2.05) is 0 Å². The van der Waals surface area contributed by atoms with E-state index in [1.165, 1.54) is 23.9 Å². The molecule has 1 heterocycles. The number of nitrogens with zero attached hydrogens (tertiary/aromatic N) is 1. The van der Waals surface area contributed by atoms with Gasteiger partial charge in [-0.2, -0.15) is 0 Å². The van der Waals surface area contributed by atoms with Gasteiger partial charge in [0.2, 0.25) is 0 Å². The van der Waals surface area contributed by atoms with E-state index in [-0.39, 0.29) is 16.7 Å². The fourth-order valence-electron chi connectivity index (χ4n) is 2.22. The first-order valence-electron chi connectivity index (χ1n) is 6.98. The Bertz CT molecular complexity index is 850. The van der Waals surface area contributed by atoms with Gasteiger partial charge in [-0.15, -0.1) is 18.2 Å². The van der Waals surface area contributed by atoms with Crippen molar-refractivity contribution >= 4 is 29.5 Å². The van der Waals surface area contributed by atoms with E-state index in [0.29, 0.717) is 10.8 Å². The minimum atomic E-state index is -0.785. The van der Waals surface area contributed by atoms with Gasteiger partial charge in [0, 0.05) is 4.90 Å². The van der Waals surface area contributed by atoms with Crippen LogP contribution in [0.25, 0.3) is 0 Å². The van der Waals surface area contributed by atoms with Crippen LogP contribution in [0.2, 0.25) is 0 Å². The summed E-state index contributed by atoms with van der Waals surface area (Å²) in [5.74, 6) is 0.877. The zero-order valence-corrected chi connectivity index (χ0v) is 13.2. The van der Waals surface area contributed by atoms with Crippen molar-refractivity contribution in [2.45, 2.75) is 4.90 Å². The van der Waals surface area contributed by atoms with E-state index in [0.717, 1.165) is 4.90 Å². The number of thioether (sulfide) groups is 1. The third-order valence-electron chi connectivity index (χ3n) is 3.32. The van der Waals surface area contributed by atoms with Crippen LogP contribution < -0.4 is 0 Å². The lowest BCUT2D eigenvalue weighted by molar-refractivity contribution is -0.0584. The third kappa shape index (κ3) is 2.90. The average molecular weight is 337 g/mol. The smallest absolute Gasteiger partial charge is 0.324 e. The Hall–Kier alpha value is -3.04. The van der Waals surface area contributed by atoms with Gasteiger partial charge >= 0.3 is 5.97 Å². The summed E-state index contributed by atoms with van der Waals surface area (Å²) < 4.78 is 0. The second-order valence-corrected chi connectivity index (χ2v) is 5.90. The highest BCUT2D eigenvalue weighted by Gasteiger charge is 2.38. The van der Waals surface area contributed by atoms with Crippen molar-refractivity contribution in [3.63, 3.8) is 0 Å².